The highest BCUT2D eigenvalue weighted by Gasteiger charge is 2.31. The van der Waals surface area contributed by atoms with Crippen molar-refractivity contribution in [1.82, 2.24) is 19.0 Å². The van der Waals surface area contributed by atoms with Crippen LogP contribution in [0, 0.1) is 5.82 Å². The van der Waals surface area contributed by atoms with Crippen LogP contribution in [0.15, 0.2) is 59.6 Å². The lowest BCUT2D eigenvalue weighted by atomic mass is 10.1. The van der Waals surface area contributed by atoms with Crippen LogP contribution in [0.3, 0.4) is 0 Å². The first-order valence-electron chi connectivity index (χ1n) is 10.2. The molecule has 0 bridgehead atoms. The number of carbonyl (C=O) groups excluding carboxylic acids is 1. The molecule has 1 amide bonds. The molecule has 0 spiro atoms. The van der Waals surface area contributed by atoms with Crippen molar-refractivity contribution < 1.29 is 17.6 Å². The Hall–Kier alpha value is -2.75. The van der Waals surface area contributed by atoms with Gasteiger partial charge in [0, 0.05) is 31.2 Å². The lowest BCUT2D eigenvalue weighted by Gasteiger charge is -2.34. The summed E-state index contributed by atoms with van der Waals surface area (Å²) in [5, 5.41) is 4.80. The average Bonchev–Trinajstić information content (AvgIpc) is 3.23. The summed E-state index contributed by atoms with van der Waals surface area (Å²) in [6, 6.07) is 11.9. The number of carbonyl (C=O) groups is 1. The second kappa shape index (κ2) is 9.01. The lowest BCUT2D eigenvalue weighted by molar-refractivity contribution is 0.0696. The third kappa shape index (κ3) is 4.28. The first-order chi connectivity index (χ1) is 15.3. The molecule has 32 heavy (non-hydrogen) atoms. The zero-order valence-corrected chi connectivity index (χ0v) is 19.0. The first-order valence-corrected chi connectivity index (χ1v) is 12.0. The Bertz CT molecular complexity index is 1220. The molecular formula is C22H22ClFN4O3S. The number of rotatable bonds is 5. The maximum absolute atomic E-state index is 13.3. The van der Waals surface area contributed by atoms with Crippen LogP contribution in [0.4, 0.5) is 4.39 Å². The van der Waals surface area contributed by atoms with Crippen molar-refractivity contribution in [1.29, 1.82) is 0 Å². The van der Waals surface area contributed by atoms with E-state index in [0.29, 0.717) is 22.7 Å². The van der Waals surface area contributed by atoms with Crippen molar-refractivity contribution in [2.75, 3.05) is 26.2 Å². The summed E-state index contributed by atoms with van der Waals surface area (Å²) in [6.07, 6.45) is 2.07. The number of nitrogens with zero attached hydrogens (tertiary/aromatic N) is 4. The highest BCUT2D eigenvalue weighted by molar-refractivity contribution is 7.89. The Morgan fingerprint density at radius 3 is 2.25 bits per heavy atom. The van der Waals surface area contributed by atoms with Crippen molar-refractivity contribution in [2.45, 2.75) is 18.2 Å². The molecule has 7 nitrogen and oxygen atoms in total. The number of amides is 1. The Morgan fingerprint density at radius 1 is 1.03 bits per heavy atom. The van der Waals surface area contributed by atoms with E-state index >= 15 is 0 Å². The fourth-order valence-electron chi connectivity index (χ4n) is 3.75. The van der Waals surface area contributed by atoms with Crippen LogP contribution in [0.5, 0.6) is 0 Å². The second-order valence-corrected chi connectivity index (χ2v) is 9.77. The standard InChI is InChI=1S/C22H22ClFN4O3S/c1-2-21-20(15-25-28(21)18-7-5-17(24)6-8-18)22(29)26-11-13-27(14-12-26)32(30,31)19-9-3-16(23)4-10-19/h3-10,15H,2,11-14H2,1H3. The molecule has 2 aromatic carbocycles. The molecule has 168 valence electrons. The minimum Gasteiger partial charge on any atom is -0.336 e. The number of hydrogen-bond donors (Lipinski definition) is 0. The molecule has 1 aromatic heterocycles. The summed E-state index contributed by atoms with van der Waals surface area (Å²) in [6.45, 7) is 2.87. The zero-order valence-electron chi connectivity index (χ0n) is 17.4. The molecular weight excluding hydrogens is 455 g/mol. The van der Waals surface area contributed by atoms with Gasteiger partial charge in [0.25, 0.3) is 5.91 Å². The molecule has 4 rings (SSSR count). The van der Waals surface area contributed by atoms with Crippen LogP contribution in [-0.2, 0) is 16.4 Å². The zero-order chi connectivity index (χ0) is 22.9. The second-order valence-electron chi connectivity index (χ2n) is 7.40. The molecule has 0 N–H and O–H groups in total. The SMILES string of the molecule is CCc1c(C(=O)N2CCN(S(=O)(=O)c3ccc(Cl)cc3)CC2)cnn1-c1ccc(F)cc1. The number of aromatic nitrogens is 2. The minimum absolute atomic E-state index is 0.176. The van der Waals surface area contributed by atoms with E-state index < -0.39 is 10.0 Å². The molecule has 1 aliphatic rings. The number of benzene rings is 2. The summed E-state index contributed by atoms with van der Waals surface area (Å²) in [4.78, 5) is 15.0. The Balaban J connectivity index is 1.49. The van der Waals surface area contributed by atoms with E-state index in [-0.39, 0.29) is 42.8 Å². The largest absolute Gasteiger partial charge is 0.336 e. The Morgan fingerprint density at radius 2 is 1.66 bits per heavy atom. The summed E-state index contributed by atoms with van der Waals surface area (Å²) in [5.74, 6) is -0.541. The van der Waals surface area contributed by atoms with E-state index in [1.807, 2.05) is 6.92 Å². The van der Waals surface area contributed by atoms with Crippen LogP contribution in [0.1, 0.15) is 23.0 Å². The molecule has 0 atom stereocenters. The molecule has 0 saturated carbocycles. The molecule has 10 heteroatoms. The van der Waals surface area contributed by atoms with Crippen LogP contribution >= 0.6 is 11.6 Å². The number of sulfonamides is 1. The van der Waals surface area contributed by atoms with E-state index in [1.54, 1.807) is 33.8 Å². The van der Waals surface area contributed by atoms with Crippen molar-refractivity contribution in [3.05, 3.63) is 76.8 Å². The molecule has 1 fully saturated rings. The monoisotopic (exact) mass is 476 g/mol. The van der Waals surface area contributed by atoms with E-state index in [9.17, 15) is 17.6 Å². The van der Waals surface area contributed by atoms with Crippen molar-refractivity contribution in [3.63, 3.8) is 0 Å². The summed E-state index contributed by atoms with van der Waals surface area (Å²) >= 11 is 5.86. The highest BCUT2D eigenvalue weighted by Crippen LogP contribution is 2.22. The topological polar surface area (TPSA) is 75.5 Å². The molecule has 3 aromatic rings. The van der Waals surface area contributed by atoms with Crippen molar-refractivity contribution in [2.24, 2.45) is 0 Å². The van der Waals surface area contributed by atoms with Gasteiger partial charge in [0.2, 0.25) is 10.0 Å². The highest BCUT2D eigenvalue weighted by atomic mass is 35.5. The maximum atomic E-state index is 13.3. The predicted molar refractivity (Wildman–Crippen MR) is 119 cm³/mol. The van der Waals surface area contributed by atoms with Gasteiger partial charge >= 0.3 is 0 Å². The van der Waals surface area contributed by atoms with E-state index in [4.69, 9.17) is 11.6 Å². The van der Waals surface area contributed by atoms with Gasteiger partial charge in [0.05, 0.1) is 28.0 Å². The van der Waals surface area contributed by atoms with Gasteiger partial charge in [0.1, 0.15) is 5.82 Å². The molecule has 0 aliphatic carbocycles. The van der Waals surface area contributed by atoms with Gasteiger partial charge in [-0.2, -0.15) is 9.40 Å². The molecule has 1 aliphatic heterocycles. The number of halogens is 2. The van der Waals surface area contributed by atoms with Gasteiger partial charge in [-0.05, 0) is 55.0 Å². The van der Waals surface area contributed by atoms with Gasteiger partial charge in [-0.15, -0.1) is 0 Å². The van der Waals surface area contributed by atoms with Crippen molar-refractivity contribution >= 4 is 27.5 Å². The predicted octanol–water partition coefficient (Wildman–Crippen LogP) is 3.37. The minimum atomic E-state index is -3.65. The summed E-state index contributed by atoms with van der Waals surface area (Å²) < 4.78 is 42.0. The van der Waals surface area contributed by atoms with Gasteiger partial charge in [-0.3, -0.25) is 4.79 Å². The fourth-order valence-corrected chi connectivity index (χ4v) is 5.30. The maximum Gasteiger partial charge on any atom is 0.257 e. The molecule has 1 saturated heterocycles. The number of hydrogen-bond acceptors (Lipinski definition) is 4. The van der Waals surface area contributed by atoms with E-state index in [1.165, 1.54) is 34.8 Å². The van der Waals surface area contributed by atoms with Crippen molar-refractivity contribution in [3.8, 4) is 5.69 Å². The van der Waals surface area contributed by atoms with Crippen LogP contribution in [0.25, 0.3) is 5.69 Å². The van der Waals surface area contributed by atoms with E-state index in [2.05, 4.69) is 5.10 Å². The van der Waals surface area contributed by atoms with Gasteiger partial charge < -0.3 is 4.90 Å². The van der Waals surface area contributed by atoms with Crippen LogP contribution in [-0.4, -0.2) is 59.5 Å². The van der Waals surface area contributed by atoms with Gasteiger partial charge in [-0.25, -0.2) is 17.5 Å². The average molecular weight is 477 g/mol. The Labute approximate surface area is 191 Å². The number of piperazine rings is 1. The quantitative estimate of drug-likeness (QED) is 0.565. The smallest absolute Gasteiger partial charge is 0.257 e. The normalized spacial score (nSPS) is 15.2. The van der Waals surface area contributed by atoms with Gasteiger partial charge in [0.15, 0.2) is 0 Å². The fraction of sp³-hybridized carbons (Fsp3) is 0.273. The van der Waals surface area contributed by atoms with Gasteiger partial charge in [-0.1, -0.05) is 18.5 Å². The van der Waals surface area contributed by atoms with Crippen LogP contribution < -0.4 is 0 Å². The first kappa shape index (κ1) is 22.4. The van der Waals surface area contributed by atoms with E-state index in [0.717, 1.165) is 5.69 Å². The molecule has 0 unspecified atom stereocenters. The van der Waals surface area contributed by atoms with Crippen LogP contribution in [0.2, 0.25) is 5.02 Å². The third-order valence-electron chi connectivity index (χ3n) is 5.48. The molecule has 0 radical (unpaired) electrons. The summed E-state index contributed by atoms with van der Waals surface area (Å²) in [5.41, 5.74) is 1.85. The molecule has 2 heterocycles. The lowest BCUT2D eigenvalue weighted by Crippen LogP contribution is -2.50. The summed E-state index contributed by atoms with van der Waals surface area (Å²) in [7, 11) is -3.65. The Kier molecular flexibility index (Phi) is 6.32. The third-order valence-corrected chi connectivity index (χ3v) is 7.65.